The maximum Gasteiger partial charge on any atom is 0.419 e. The van der Waals surface area contributed by atoms with Crippen molar-refractivity contribution < 1.29 is 37.0 Å². The van der Waals surface area contributed by atoms with Crippen LogP contribution in [0.1, 0.15) is 54.6 Å². The van der Waals surface area contributed by atoms with Gasteiger partial charge in [-0.15, -0.1) is 0 Å². The van der Waals surface area contributed by atoms with E-state index in [9.17, 15) is 32.3 Å². The van der Waals surface area contributed by atoms with Crippen LogP contribution in [-0.2, 0) is 17.4 Å². The van der Waals surface area contributed by atoms with Gasteiger partial charge in [-0.25, -0.2) is 4.39 Å². The number of rotatable bonds is 9. The molecule has 2 aromatic carbocycles. The van der Waals surface area contributed by atoms with E-state index in [2.05, 4.69) is 16.7 Å². The van der Waals surface area contributed by atoms with Gasteiger partial charge in [-0.05, 0) is 73.4 Å². The molecule has 2 fully saturated rings. The van der Waals surface area contributed by atoms with Crippen LogP contribution in [0.3, 0.4) is 0 Å². The van der Waals surface area contributed by atoms with Gasteiger partial charge in [0.05, 0.1) is 24.2 Å². The minimum Gasteiger partial charge on any atom is -0.496 e. The summed E-state index contributed by atoms with van der Waals surface area (Å²) in [5, 5.41) is 14.8. The summed E-state index contributed by atoms with van der Waals surface area (Å²) in [5.74, 6) is -2.83. The average molecular weight is 563 g/mol. The largest absolute Gasteiger partial charge is 0.496 e. The van der Waals surface area contributed by atoms with Crippen molar-refractivity contribution in [2.75, 3.05) is 19.0 Å². The van der Waals surface area contributed by atoms with Crippen LogP contribution in [0.5, 0.6) is 5.75 Å². The fourth-order valence-corrected chi connectivity index (χ4v) is 6.06. The Labute approximate surface area is 230 Å². The third-order valence-corrected chi connectivity index (χ3v) is 7.70. The molecule has 4 atom stereocenters. The third-order valence-electron chi connectivity index (χ3n) is 7.70. The average Bonchev–Trinajstić information content (AvgIpc) is 3.41. The molecule has 2 bridgehead atoms. The number of benzene rings is 2. The molecule has 0 spiro atoms. The summed E-state index contributed by atoms with van der Waals surface area (Å²) in [6, 6.07) is 6.97. The van der Waals surface area contributed by atoms with Crippen LogP contribution in [0.2, 0.25) is 0 Å². The first-order chi connectivity index (χ1) is 18.9. The first-order valence-corrected chi connectivity index (χ1v) is 13.4. The fraction of sp³-hybridized carbons (Fsp3) is 0.467. The highest BCUT2D eigenvalue weighted by Gasteiger charge is 2.54. The predicted molar refractivity (Wildman–Crippen MR) is 142 cm³/mol. The monoisotopic (exact) mass is 562 g/mol. The second-order valence-corrected chi connectivity index (χ2v) is 10.8. The van der Waals surface area contributed by atoms with Gasteiger partial charge in [0.1, 0.15) is 11.6 Å². The van der Waals surface area contributed by atoms with Crippen molar-refractivity contribution in [2.24, 2.45) is 23.7 Å². The molecular weight excluding hydrogens is 528 g/mol. The predicted octanol–water partition coefficient (Wildman–Crippen LogP) is 5.75. The second kappa shape index (κ2) is 12.0. The zero-order chi connectivity index (χ0) is 29.2. The number of ether oxygens (including phenoxy) is 1. The highest BCUT2D eigenvalue weighted by molar-refractivity contribution is 5.99. The van der Waals surface area contributed by atoms with Gasteiger partial charge in [0.2, 0.25) is 5.91 Å². The summed E-state index contributed by atoms with van der Waals surface area (Å²) in [5.41, 5.74) is 0.581. The number of halogens is 4. The molecule has 10 heteroatoms. The molecule has 3 N–H and O–H groups in total. The molecule has 40 heavy (non-hydrogen) atoms. The number of aliphatic hydroxyl groups excluding tert-OH is 1. The standard InChI is InChI=1S/C30H34F4N2O4/c1-16(2)13-21-19-8-9-20(21)27(36-28(38)22-14-17(5-4-12-37)6-11-25(22)40-3)26(19)29(39)35-18-7-10-24(31)23(15-18)30(32,33)34/h6-7,10-11,13-16,19-20,26-27,37H,4-5,8-9,12H2,1-3H3,(H,35,39)(H,36,38)/b21-13-/t19-,20+,26-,27+/m0/s1. The van der Waals surface area contributed by atoms with E-state index in [-0.39, 0.29) is 30.0 Å². The minimum atomic E-state index is -4.91. The zero-order valence-corrected chi connectivity index (χ0v) is 22.6. The number of carbonyl (C=O) groups excluding carboxylic acids is 2. The molecule has 0 unspecified atom stereocenters. The number of methoxy groups -OCH3 is 1. The summed E-state index contributed by atoms with van der Waals surface area (Å²) in [7, 11) is 1.45. The van der Waals surface area contributed by atoms with E-state index in [1.807, 2.05) is 19.9 Å². The van der Waals surface area contributed by atoms with E-state index in [1.54, 1.807) is 12.1 Å². The molecule has 0 saturated heterocycles. The van der Waals surface area contributed by atoms with Gasteiger partial charge in [-0.2, -0.15) is 13.2 Å². The van der Waals surface area contributed by atoms with Gasteiger partial charge in [-0.3, -0.25) is 9.59 Å². The normalized spacial score (nSPS) is 23.1. The molecule has 6 nitrogen and oxygen atoms in total. The maximum atomic E-state index is 13.8. The molecule has 216 valence electrons. The van der Waals surface area contributed by atoms with E-state index in [4.69, 9.17) is 4.74 Å². The van der Waals surface area contributed by atoms with Crippen LogP contribution in [-0.4, -0.2) is 36.7 Å². The number of hydrogen-bond acceptors (Lipinski definition) is 4. The highest BCUT2D eigenvalue weighted by atomic mass is 19.4. The fourth-order valence-electron chi connectivity index (χ4n) is 6.06. The molecule has 2 aromatic rings. The van der Waals surface area contributed by atoms with Crippen LogP contribution in [0, 0.1) is 29.5 Å². The van der Waals surface area contributed by atoms with Crippen molar-refractivity contribution in [2.45, 2.75) is 51.7 Å². The molecular formula is C30H34F4N2O4. The SMILES string of the molecule is COc1ccc(CCCO)cc1C(=O)N[C@H]1[C@@H](C(=O)Nc2ccc(F)c(C(F)(F)F)c2)[C@H]2CC[C@@H]1/C2=C\C(C)C. The molecule has 0 aliphatic heterocycles. The molecule has 2 saturated carbocycles. The summed E-state index contributed by atoms with van der Waals surface area (Å²) in [4.78, 5) is 27.2. The van der Waals surface area contributed by atoms with Crippen molar-refractivity contribution in [1.29, 1.82) is 0 Å². The third kappa shape index (κ3) is 6.16. The quantitative estimate of drug-likeness (QED) is 0.268. The van der Waals surface area contributed by atoms with E-state index in [1.165, 1.54) is 7.11 Å². The molecule has 2 aliphatic rings. The van der Waals surface area contributed by atoms with Crippen LogP contribution < -0.4 is 15.4 Å². The van der Waals surface area contributed by atoms with Crippen LogP contribution in [0.15, 0.2) is 48.0 Å². The summed E-state index contributed by atoms with van der Waals surface area (Å²) >= 11 is 0. The lowest BCUT2D eigenvalue weighted by molar-refractivity contribution is -0.140. The number of amides is 2. The molecule has 0 heterocycles. The van der Waals surface area contributed by atoms with E-state index in [0.29, 0.717) is 42.7 Å². The van der Waals surface area contributed by atoms with Gasteiger partial charge in [0, 0.05) is 24.3 Å². The first kappa shape index (κ1) is 29.6. The molecule has 2 amide bonds. The van der Waals surface area contributed by atoms with E-state index < -0.39 is 41.3 Å². The summed E-state index contributed by atoms with van der Waals surface area (Å²) in [6.45, 7) is 4.06. The summed E-state index contributed by atoms with van der Waals surface area (Å²) in [6.07, 6.45) is -0.231. The zero-order valence-electron chi connectivity index (χ0n) is 22.6. The molecule has 0 aromatic heterocycles. The lowest BCUT2D eigenvalue weighted by atomic mass is 9.83. The van der Waals surface area contributed by atoms with Gasteiger partial charge >= 0.3 is 6.18 Å². The van der Waals surface area contributed by atoms with Crippen molar-refractivity contribution in [3.63, 3.8) is 0 Å². The van der Waals surface area contributed by atoms with E-state index >= 15 is 0 Å². The van der Waals surface area contributed by atoms with E-state index in [0.717, 1.165) is 23.6 Å². The molecule has 2 aliphatic carbocycles. The smallest absolute Gasteiger partial charge is 0.419 e. The number of anilines is 1. The lowest BCUT2D eigenvalue weighted by Gasteiger charge is -2.30. The Kier molecular flexibility index (Phi) is 8.87. The Balaban J connectivity index is 1.64. The highest BCUT2D eigenvalue weighted by Crippen LogP contribution is 2.53. The number of fused-ring (bicyclic) bond motifs is 2. The number of alkyl halides is 3. The lowest BCUT2D eigenvalue weighted by Crippen LogP contribution is -2.48. The van der Waals surface area contributed by atoms with Crippen LogP contribution in [0.4, 0.5) is 23.2 Å². The summed E-state index contributed by atoms with van der Waals surface area (Å²) < 4.78 is 59.0. The van der Waals surface area contributed by atoms with Crippen molar-refractivity contribution in [3.8, 4) is 5.75 Å². The number of allylic oxidation sites excluding steroid dienone is 1. The van der Waals surface area contributed by atoms with Gasteiger partial charge < -0.3 is 20.5 Å². The number of nitrogens with one attached hydrogen (secondary N) is 2. The van der Waals surface area contributed by atoms with Crippen LogP contribution in [0.25, 0.3) is 0 Å². The van der Waals surface area contributed by atoms with Crippen LogP contribution >= 0.6 is 0 Å². The van der Waals surface area contributed by atoms with Gasteiger partial charge in [0.25, 0.3) is 5.91 Å². The number of carbonyl (C=O) groups is 2. The van der Waals surface area contributed by atoms with Crippen molar-refractivity contribution >= 4 is 17.5 Å². The van der Waals surface area contributed by atoms with Crippen molar-refractivity contribution in [1.82, 2.24) is 5.32 Å². The topological polar surface area (TPSA) is 87.7 Å². The second-order valence-electron chi connectivity index (χ2n) is 10.8. The number of hydrogen-bond donors (Lipinski definition) is 3. The Morgan fingerprint density at radius 3 is 2.50 bits per heavy atom. The Hall–Kier alpha value is -3.40. The number of aliphatic hydroxyl groups is 1. The maximum absolute atomic E-state index is 13.8. The van der Waals surface area contributed by atoms with Gasteiger partial charge in [-0.1, -0.05) is 31.6 Å². The first-order valence-electron chi connectivity index (χ1n) is 13.4. The molecule has 0 radical (unpaired) electrons. The molecule has 4 rings (SSSR count). The Morgan fingerprint density at radius 1 is 1.12 bits per heavy atom. The van der Waals surface area contributed by atoms with Crippen molar-refractivity contribution in [3.05, 3.63) is 70.6 Å². The minimum absolute atomic E-state index is 0.0129. The Bertz CT molecular complexity index is 1290. The number of aryl methyl sites for hydroxylation is 1. The van der Waals surface area contributed by atoms with Gasteiger partial charge in [0.15, 0.2) is 0 Å². The Morgan fingerprint density at radius 2 is 1.85 bits per heavy atom.